The summed E-state index contributed by atoms with van der Waals surface area (Å²) in [4.78, 5) is 8.39. The Morgan fingerprint density at radius 1 is 1.00 bits per heavy atom. The number of alkyl halides is 3. The fourth-order valence-corrected chi connectivity index (χ4v) is 3.00. The first-order valence-corrected chi connectivity index (χ1v) is 9.96. The van der Waals surface area contributed by atoms with Crippen molar-refractivity contribution in [1.82, 2.24) is 25.0 Å². The van der Waals surface area contributed by atoms with Crippen LogP contribution in [0.5, 0.6) is 17.5 Å². The molecule has 0 radical (unpaired) electrons. The lowest BCUT2D eigenvalue weighted by Crippen LogP contribution is -2.17. The van der Waals surface area contributed by atoms with Gasteiger partial charge in [0.15, 0.2) is 0 Å². The molecule has 0 atom stereocenters. The van der Waals surface area contributed by atoms with Gasteiger partial charge in [-0.05, 0) is 49.4 Å². The van der Waals surface area contributed by atoms with Crippen LogP contribution in [0.4, 0.5) is 17.6 Å². The van der Waals surface area contributed by atoms with Gasteiger partial charge in [0, 0.05) is 24.4 Å². The molecule has 34 heavy (non-hydrogen) atoms. The van der Waals surface area contributed by atoms with E-state index in [-0.39, 0.29) is 18.5 Å². The molecule has 0 aliphatic carbocycles. The fraction of sp³-hybridized carbons (Fsp3) is 0.182. The van der Waals surface area contributed by atoms with Gasteiger partial charge >= 0.3 is 12.4 Å². The van der Waals surface area contributed by atoms with Crippen LogP contribution in [-0.2, 0) is 11.5 Å². The van der Waals surface area contributed by atoms with Crippen molar-refractivity contribution in [1.29, 1.82) is 0 Å². The minimum atomic E-state index is -4.84. The Hall–Kier alpha value is -4.06. The van der Waals surface area contributed by atoms with Gasteiger partial charge in [0.05, 0.1) is 5.69 Å². The number of hydrogen-bond acceptors (Lipinski definition) is 7. The Bertz CT molecular complexity index is 1260. The predicted octanol–water partition coefficient (Wildman–Crippen LogP) is 5.23. The van der Waals surface area contributed by atoms with Gasteiger partial charge in [0.1, 0.15) is 35.4 Å². The molecule has 2 heterocycles. The number of benzene rings is 2. The van der Waals surface area contributed by atoms with Crippen LogP contribution in [0.3, 0.4) is 0 Å². The highest BCUT2D eigenvalue weighted by Crippen LogP contribution is 2.31. The Kier molecular flexibility index (Phi) is 6.68. The molecule has 0 spiro atoms. The van der Waals surface area contributed by atoms with Crippen molar-refractivity contribution in [3.05, 3.63) is 66.6 Å². The third-order valence-corrected chi connectivity index (χ3v) is 4.39. The molecule has 0 amide bonds. The van der Waals surface area contributed by atoms with Gasteiger partial charge in [-0.3, -0.25) is 0 Å². The van der Waals surface area contributed by atoms with Crippen LogP contribution in [0, 0.1) is 5.82 Å². The summed E-state index contributed by atoms with van der Waals surface area (Å²) in [6.07, 6.45) is -3.42. The van der Waals surface area contributed by atoms with E-state index >= 15 is 0 Å². The highest BCUT2D eigenvalue weighted by molar-refractivity contribution is 5.76. The van der Waals surface area contributed by atoms with Gasteiger partial charge < -0.3 is 14.2 Å². The van der Waals surface area contributed by atoms with Crippen LogP contribution >= 0.6 is 0 Å². The first kappa shape index (κ1) is 23.1. The van der Waals surface area contributed by atoms with Crippen LogP contribution < -0.4 is 9.47 Å². The van der Waals surface area contributed by atoms with E-state index in [1.54, 1.807) is 18.2 Å². The molecule has 2 aromatic carbocycles. The van der Waals surface area contributed by atoms with E-state index in [1.165, 1.54) is 35.1 Å². The van der Waals surface area contributed by atoms with E-state index in [2.05, 4.69) is 25.0 Å². The molecule has 4 rings (SSSR count). The summed E-state index contributed by atoms with van der Waals surface area (Å²) in [5.41, 5.74) is 1.83. The van der Waals surface area contributed by atoms with Gasteiger partial charge in [-0.2, -0.15) is 4.98 Å². The zero-order valence-corrected chi connectivity index (χ0v) is 17.7. The highest BCUT2D eigenvalue weighted by atomic mass is 19.4. The molecule has 0 fully saturated rings. The van der Waals surface area contributed by atoms with E-state index in [4.69, 9.17) is 9.47 Å². The number of hydrogen-bond donors (Lipinski definition) is 0. The minimum absolute atomic E-state index is 0.0404. The van der Waals surface area contributed by atoms with E-state index in [0.29, 0.717) is 29.3 Å². The molecule has 0 aliphatic rings. The number of aromatic nitrogens is 5. The van der Waals surface area contributed by atoms with Crippen LogP contribution in [-0.4, -0.2) is 37.9 Å². The van der Waals surface area contributed by atoms with Crippen molar-refractivity contribution in [2.45, 2.75) is 20.0 Å². The lowest BCUT2D eigenvalue weighted by Gasteiger charge is -2.11. The maximum atomic E-state index is 13.4. The summed E-state index contributed by atoms with van der Waals surface area (Å²) in [6, 6.07) is 12.1. The van der Waals surface area contributed by atoms with Crippen molar-refractivity contribution < 1.29 is 31.8 Å². The zero-order valence-electron chi connectivity index (χ0n) is 17.7. The molecule has 0 saturated heterocycles. The second-order valence-corrected chi connectivity index (χ2v) is 6.76. The van der Waals surface area contributed by atoms with Crippen LogP contribution in [0.25, 0.3) is 22.6 Å². The van der Waals surface area contributed by atoms with Gasteiger partial charge in [-0.25, -0.2) is 14.1 Å². The van der Waals surface area contributed by atoms with Crippen molar-refractivity contribution >= 4 is 0 Å². The second kappa shape index (κ2) is 9.83. The maximum absolute atomic E-state index is 13.4. The van der Waals surface area contributed by atoms with Gasteiger partial charge in [-0.1, -0.05) is 11.3 Å². The average Bonchev–Trinajstić information content (AvgIpc) is 3.21. The average molecular weight is 475 g/mol. The van der Waals surface area contributed by atoms with E-state index < -0.39 is 17.9 Å². The normalized spacial score (nSPS) is 11.4. The van der Waals surface area contributed by atoms with E-state index in [0.717, 1.165) is 12.1 Å². The number of halogens is 4. The van der Waals surface area contributed by atoms with Gasteiger partial charge in [0.25, 0.3) is 0 Å². The van der Waals surface area contributed by atoms with Crippen molar-refractivity contribution in [2.24, 2.45) is 0 Å². The number of ether oxygens (including phenoxy) is 3. The topological polar surface area (TPSA) is 84.2 Å². The van der Waals surface area contributed by atoms with Crippen molar-refractivity contribution in [3.8, 4) is 40.2 Å². The van der Waals surface area contributed by atoms with Crippen LogP contribution in [0.1, 0.15) is 6.92 Å². The molecule has 0 aliphatic heterocycles. The Balaban J connectivity index is 1.68. The standard InChI is InChI=1S/C22H17F4N5O3/c1-2-32-13-31-20(19(29-30-31)14-6-8-15(23)9-7-14)18-10-11-27-21(28-18)33-16-4-3-5-17(12-16)34-22(24,25)26/h3-12H,2,13H2,1H3. The lowest BCUT2D eigenvalue weighted by atomic mass is 10.1. The third kappa shape index (κ3) is 5.64. The summed E-state index contributed by atoms with van der Waals surface area (Å²) >= 11 is 0. The Morgan fingerprint density at radius 2 is 1.76 bits per heavy atom. The molecular weight excluding hydrogens is 458 g/mol. The van der Waals surface area contributed by atoms with Crippen LogP contribution in [0.2, 0.25) is 0 Å². The van der Waals surface area contributed by atoms with Gasteiger partial charge in [-0.15, -0.1) is 18.3 Å². The monoisotopic (exact) mass is 475 g/mol. The Labute approximate surface area is 190 Å². The Morgan fingerprint density at radius 3 is 2.50 bits per heavy atom. The molecule has 0 unspecified atom stereocenters. The molecule has 176 valence electrons. The molecular formula is C22H17F4N5O3. The molecule has 2 aromatic heterocycles. The molecule has 12 heteroatoms. The summed E-state index contributed by atoms with van der Waals surface area (Å²) in [5.74, 6) is -0.807. The second-order valence-electron chi connectivity index (χ2n) is 6.76. The SMILES string of the molecule is CCOCn1nnc(-c2ccc(F)cc2)c1-c1ccnc(Oc2cccc(OC(F)(F)F)c2)n1. The smallest absolute Gasteiger partial charge is 0.424 e. The predicted molar refractivity (Wildman–Crippen MR) is 111 cm³/mol. The minimum Gasteiger partial charge on any atom is -0.424 e. The third-order valence-electron chi connectivity index (χ3n) is 4.39. The highest BCUT2D eigenvalue weighted by Gasteiger charge is 2.31. The first-order valence-electron chi connectivity index (χ1n) is 9.96. The van der Waals surface area contributed by atoms with E-state index in [1.807, 2.05) is 6.92 Å². The summed E-state index contributed by atoms with van der Waals surface area (Å²) in [5, 5.41) is 8.30. The van der Waals surface area contributed by atoms with Crippen molar-refractivity contribution in [3.63, 3.8) is 0 Å². The maximum Gasteiger partial charge on any atom is 0.573 e. The number of rotatable bonds is 8. The molecule has 0 N–H and O–H groups in total. The first-order chi connectivity index (χ1) is 16.3. The summed E-state index contributed by atoms with van der Waals surface area (Å²) < 4.78 is 67.3. The summed E-state index contributed by atoms with van der Waals surface area (Å²) in [6.45, 7) is 2.33. The molecule has 0 bridgehead atoms. The van der Waals surface area contributed by atoms with Gasteiger partial charge in [0.2, 0.25) is 0 Å². The zero-order chi connectivity index (χ0) is 24.1. The molecule has 0 saturated carbocycles. The summed E-state index contributed by atoms with van der Waals surface area (Å²) in [7, 11) is 0. The fourth-order valence-electron chi connectivity index (χ4n) is 3.00. The van der Waals surface area contributed by atoms with Crippen LogP contribution in [0.15, 0.2) is 60.8 Å². The quantitative estimate of drug-likeness (QED) is 0.323. The molecule has 8 nitrogen and oxygen atoms in total. The largest absolute Gasteiger partial charge is 0.573 e. The number of nitrogens with zero attached hydrogens (tertiary/aromatic N) is 5. The van der Waals surface area contributed by atoms with E-state index in [9.17, 15) is 17.6 Å². The molecule has 4 aromatic rings. The van der Waals surface area contributed by atoms with Crippen molar-refractivity contribution in [2.75, 3.05) is 6.61 Å². The lowest BCUT2D eigenvalue weighted by molar-refractivity contribution is -0.274.